The Hall–Kier alpha value is -2.58. The predicted molar refractivity (Wildman–Crippen MR) is 124 cm³/mol. The van der Waals surface area contributed by atoms with Crippen LogP contribution in [0.3, 0.4) is 0 Å². The second kappa shape index (κ2) is 10.4. The summed E-state index contributed by atoms with van der Waals surface area (Å²) in [6, 6.07) is 11.2. The normalized spacial score (nSPS) is 15.4. The van der Waals surface area contributed by atoms with Crippen LogP contribution in [-0.4, -0.2) is 52.5 Å². The van der Waals surface area contributed by atoms with Crippen molar-refractivity contribution < 1.29 is 22.7 Å². The van der Waals surface area contributed by atoms with E-state index in [0.29, 0.717) is 55.3 Å². The first-order chi connectivity index (χ1) is 15.3. The maximum absolute atomic E-state index is 13.1. The summed E-state index contributed by atoms with van der Waals surface area (Å²) in [5, 5.41) is 2.99. The number of ether oxygens (including phenoxy) is 2. The van der Waals surface area contributed by atoms with Crippen LogP contribution in [-0.2, 0) is 21.2 Å². The van der Waals surface area contributed by atoms with E-state index in [4.69, 9.17) is 9.47 Å². The first-order valence-corrected chi connectivity index (χ1v) is 12.3. The fraction of sp³-hybridized carbons (Fsp3) is 0.458. The van der Waals surface area contributed by atoms with Crippen molar-refractivity contribution in [1.29, 1.82) is 0 Å². The van der Waals surface area contributed by atoms with Crippen molar-refractivity contribution in [3.63, 3.8) is 0 Å². The molecule has 0 unspecified atom stereocenters. The number of aryl methyl sites for hydroxylation is 2. The SMILES string of the molecule is COc1ccc(CCNC(=O)C2CCN(S(=O)(=O)c3cc(C)ccc3C)CC2)cc1OC. The number of hydrogen-bond acceptors (Lipinski definition) is 5. The van der Waals surface area contributed by atoms with Crippen molar-refractivity contribution >= 4 is 15.9 Å². The third kappa shape index (κ3) is 5.42. The molecule has 0 bridgehead atoms. The van der Waals surface area contributed by atoms with Gasteiger partial charge in [0.05, 0.1) is 19.1 Å². The van der Waals surface area contributed by atoms with Crippen LogP contribution in [0.15, 0.2) is 41.3 Å². The van der Waals surface area contributed by atoms with Crippen molar-refractivity contribution in [2.75, 3.05) is 33.9 Å². The minimum absolute atomic E-state index is 0.0192. The highest BCUT2D eigenvalue weighted by Gasteiger charge is 2.32. The van der Waals surface area contributed by atoms with Crippen LogP contribution in [0.4, 0.5) is 0 Å². The number of piperidine rings is 1. The van der Waals surface area contributed by atoms with E-state index in [1.165, 1.54) is 4.31 Å². The second-order valence-electron chi connectivity index (χ2n) is 8.18. The standard InChI is InChI=1S/C24H32N2O5S/c1-17-5-6-18(2)23(15-17)32(28,29)26-13-10-20(11-14-26)24(27)25-12-9-19-7-8-21(30-3)22(16-19)31-4/h5-8,15-16,20H,9-14H2,1-4H3,(H,25,27). The molecule has 1 aliphatic heterocycles. The van der Waals surface area contributed by atoms with Gasteiger partial charge in [0, 0.05) is 25.6 Å². The van der Waals surface area contributed by atoms with E-state index >= 15 is 0 Å². The molecule has 1 heterocycles. The molecule has 1 aliphatic rings. The van der Waals surface area contributed by atoms with Gasteiger partial charge in [-0.2, -0.15) is 4.31 Å². The van der Waals surface area contributed by atoms with E-state index in [1.807, 2.05) is 44.2 Å². The molecule has 0 aliphatic carbocycles. The Bertz CT molecular complexity index is 1060. The molecule has 2 aromatic rings. The number of nitrogens with one attached hydrogen (secondary N) is 1. The van der Waals surface area contributed by atoms with E-state index in [0.717, 1.165) is 16.7 Å². The Kier molecular flexibility index (Phi) is 7.79. The number of sulfonamides is 1. The summed E-state index contributed by atoms with van der Waals surface area (Å²) in [5.74, 6) is 1.14. The van der Waals surface area contributed by atoms with Gasteiger partial charge in [-0.25, -0.2) is 8.42 Å². The third-order valence-electron chi connectivity index (χ3n) is 5.95. The van der Waals surface area contributed by atoms with Gasteiger partial charge in [-0.3, -0.25) is 4.79 Å². The minimum Gasteiger partial charge on any atom is -0.493 e. The van der Waals surface area contributed by atoms with Crippen LogP contribution in [0.5, 0.6) is 11.5 Å². The average molecular weight is 461 g/mol. The summed E-state index contributed by atoms with van der Waals surface area (Å²) in [5.41, 5.74) is 2.70. The molecule has 1 N–H and O–H groups in total. The highest BCUT2D eigenvalue weighted by molar-refractivity contribution is 7.89. The van der Waals surface area contributed by atoms with Crippen molar-refractivity contribution in [3.05, 3.63) is 53.1 Å². The molecular weight excluding hydrogens is 428 g/mol. The summed E-state index contributed by atoms with van der Waals surface area (Å²) >= 11 is 0. The third-order valence-corrected chi connectivity index (χ3v) is 7.99. The molecule has 1 amide bonds. The number of hydrogen-bond donors (Lipinski definition) is 1. The average Bonchev–Trinajstić information content (AvgIpc) is 2.80. The number of rotatable bonds is 8. The number of methoxy groups -OCH3 is 2. The molecule has 2 aromatic carbocycles. The van der Waals surface area contributed by atoms with Gasteiger partial charge in [-0.05, 0) is 68.0 Å². The van der Waals surface area contributed by atoms with Crippen LogP contribution < -0.4 is 14.8 Å². The van der Waals surface area contributed by atoms with Crippen LogP contribution in [0, 0.1) is 19.8 Å². The fourth-order valence-corrected chi connectivity index (χ4v) is 5.77. The molecule has 1 fully saturated rings. The number of nitrogens with zero attached hydrogens (tertiary/aromatic N) is 1. The van der Waals surface area contributed by atoms with Gasteiger partial charge < -0.3 is 14.8 Å². The van der Waals surface area contributed by atoms with Crippen LogP contribution in [0.1, 0.15) is 29.5 Å². The van der Waals surface area contributed by atoms with Gasteiger partial charge in [0.2, 0.25) is 15.9 Å². The van der Waals surface area contributed by atoms with E-state index in [2.05, 4.69) is 5.32 Å². The van der Waals surface area contributed by atoms with E-state index in [-0.39, 0.29) is 11.8 Å². The van der Waals surface area contributed by atoms with Gasteiger partial charge in [-0.1, -0.05) is 18.2 Å². The first-order valence-electron chi connectivity index (χ1n) is 10.8. The zero-order valence-electron chi connectivity index (χ0n) is 19.2. The highest BCUT2D eigenvalue weighted by atomic mass is 32.2. The van der Waals surface area contributed by atoms with Gasteiger partial charge >= 0.3 is 0 Å². The molecule has 32 heavy (non-hydrogen) atoms. The lowest BCUT2D eigenvalue weighted by molar-refractivity contribution is -0.126. The van der Waals surface area contributed by atoms with Crippen molar-refractivity contribution in [2.24, 2.45) is 5.92 Å². The maximum Gasteiger partial charge on any atom is 0.243 e. The topological polar surface area (TPSA) is 84.9 Å². The Morgan fingerprint density at radius 2 is 1.72 bits per heavy atom. The molecule has 174 valence electrons. The van der Waals surface area contributed by atoms with Crippen molar-refractivity contribution in [3.8, 4) is 11.5 Å². The van der Waals surface area contributed by atoms with Crippen LogP contribution in [0.2, 0.25) is 0 Å². The molecule has 1 saturated heterocycles. The summed E-state index contributed by atoms with van der Waals surface area (Å²) in [7, 11) is -0.363. The molecule has 0 spiro atoms. The second-order valence-corrected chi connectivity index (χ2v) is 10.1. The Labute approximate surface area is 190 Å². The number of carbonyl (C=O) groups excluding carboxylic acids is 1. The smallest absolute Gasteiger partial charge is 0.243 e. The fourth-order valence-electron chi connectivity index (χ4n) is 3.99. The van der Waals surface area contributed by atoms with Gasteiger partial charge in [0.1, 0.15) is 0 Å². The number of benzene rings is 2. The molecule has 0 atom stereocenters. The first kappa shape index (κ1) is 24.1. The summed E-state index contributed by atoms with van der Waals surface area (Å²) in [4.78, 5) is 13.0. The zero-order valence-corrected chi connectivity index (χ0v) is 20.0. The molecule has 7 nitrogen and oxygen atoms in total. The van der Waals surface area contributed by atoms with Crippen LogP contribution >= 0.6 is 0 Å². The summed E-state index contributed by atoms with van der Waals surface area (Å²) in [6.45, 7) is 4.91. The Morgan fingerprint density at radius 1 is 1.03 bits per heavy atom. The summed E-state index contributed by atoms with van der Waals surface area (Å²) in [6.07, 6.45) is 1.71. The van der Waals surface area contributed by atoms with E-state index < -0.39 is 10.0 Å². The number of amides is 1. The van der Waals surface area contributed by atoms with Gasteiger partial charge in [0.15, 0.2) is 11.5 Å². The van der Waals surface area contributed by atoms with E-state index in [9.17, 15) is 13.2 Å². The van der Waals surface area contributed by atoms with Crippen molar-refractivity contribution in [2.45, 2.75) is 38.0 Å². The Balaban J connectivity index is 1.52. The lowest BCUT2D eigenvalue weighted by Crippen LogP contribution is -2.43. The molecule has 8 heteroatoms. The number of carbonyl (C=O) groups is 1. The molecule has 0 aromatic heterocycles. The summed E-state index contributed by atoms with van der Waals surface area (Å²) < 4.78 is 38.2. The van der Waals surface area contributed by atoms with Crippen molar-refractivity contribution in [1.82, 2.24) is 9.62 Å². The lowest BCUT2D eigenvalue weighted by Gasteiger charge is -2.31. The largest absolute Gasteiger partial charge is 0.493 e. The quantitative estimate of drug-likeness (QED) is 0.654. The lowest BCUT2D eigenvalue weighted by atomic mass is 9.97. The molecular formula is C24H32N2O5S. The van der Waals surface area contributed by atoms with Crippen LogP contribution in [0.25, 0.3) is 0 Å². The zero-order chi connectivity index (χ0) is 23.3. The molecule has 0 radical (unpaired) electrons. The highest BCUT2D eigenvalue weighted by Crippen LogP contribution is 2.28. The predicted octanol–water partition coefficient (Wildman–Crippen LogP) is 3.08. The molecule has 3 rings (SSSR count). The Morgan fingerprint density at radius 3 is 2.38 bits per heavy atom. The minimum atomic E-state index is -3.55. The van der Waals surface area contributed by atoms with Gasteiger partial charge in [0.25, 0.3) is 0 Å². The maximum atomic E-state index is 13.1. The molecule has 0 saturated carbocycles. The van der Waals surface area contributed by atoms with E-state index in [1.54, 1.807) is 20.3 Å². The monoisotopic (exact) mass is 460 g/mol. The van der Waals surface area contributed by atoms with Gasteiger partial charge in [-0.15, -0.1) is 0 Å².